The SMILES string of the molecule is O=C(NCCCOc1ccccc1)N1CCC(CO)CC1. The molecule has 0 bridgehead atoms. The van der Waals surface area contributed by atoms with Crippen LogP contribution in [-0.2, 0) is 0 Å². The Hall–Kier alpha value is -1.75. The molecule has 0 aromatic heterocycles. The van der Waals surface area contributed by atoms with E-state index >= 15 is 0 Å². The van der Waals surface area contributed by atoms with Gasteiger partial charge in [0.2, 0.25) is 0 Å². The Morgan fingerprint density at radius 3 is 2.67 bits per heavy atom. The molecule has 1 aromatic rings. The van der Waals surface area contributed by atoms with Gasteiger partial charge in [-0.3, -0.25) is 0 Å². The molecule has 1 saturated heterocycles. The van der Waals surface area contributed by atoms with Crippen LogP contribution in [0.2, 0.25) is 0 Å². The van der Waals surface area contributed by atoms with E-state index in [0.717, 1.165) is 38.1 Å². The van der Waals surface area contributed by atoms with Gasteiger partial charge in [0, 0.05) is 26.2 Å². The van der Waals surface area contributed by atoms with E-state index in [2.05, 4.69) is 5.32 Å². The second kappa shape index (κ2) is 8.52. The molecular weight excluding hydrogens is 268 g/mol. The number of nitrogens with zero attached hydrogens (tertiary/aromatic N) is 1. The third-order valence-electron chi connectivity index (χ3n) is 3.77. The molecule has 1 fully saturated rings. The molecule has 2 N–H and O–H groups in total. The number of nitrogens with one attached hydrogen (secondary N) is 1. The highest BCUT2D eigenvalue weighted by Gasteiger charge is 2.21. The number of benzene rings is 1. The molecule has 0 saturated carbocycles. The maximum absolute atomic E-state index is 11.9. The number of rotatable bonds is 6. The predicted molar refractivity (Wildman–Crippen MR) is 81.3 cm³/mol. The zero-order valence-electron chi connectivity index (χ0n) is 12.3. The number of aliphatic hydroxyl groups is 1. The van der Waals surface area contributed by atoms with Crippen molar-refractivity contribution in [2.75, 3.05) is 32.8 Å². The zero-order chi connectivity index (χ0) is 14.9. The second-order valence-electron chi connectivity index (χ2n) is 5.36. The van der Waals surface area contributed by atoms with Crippen molar-refractivity contribution in [1.82, 2.24) is 10.2 Å². The molecule has 2 amide bonds. The third-order valence-corrected chi connectivity index (χ3v) is 3.77. The van der Waals surface area contributed by atoms with Crippen LogP contribution >= 0.6 is 0 Å². The molecule has 116 valence electrons. The fraction of sp³-hybridized carbons (Fsp3) is 0.562. The van der Waals surface area contributed by atoms with Crippen molar-refractivity contribution in [3.8, 4) is 5.75 Å². The minimum absolute atomic E-state index is 0.00824. The summed E-state index contributed by atoms with van der Waals surface area (Å²) < 4.78 is 5.57. The fourth-order valence-corrected chi connectivity index (χ4v) is 2.40. The number of para-hydroxylation sites is 1. The molecule has 0 unspecified atom stereocenters. The van der Waals surface area contributed by atoms with Crippen molar-refractivity contribution >= 4 is 6.03 Å². The largest absolute Gasteiger partial charge is 0.494 e. The number of piperidine rings is 1. The number of carbonyl (C=O) groups is 1. The molecule has 21 heavy (non-hydrogen) atoms. The van der Waals surface area contributed by atoms with Crippen molar-refractivity contribution < 1.29 is 14.6 Å². The number of amides is 2. The number of likely N-dealkylation sites (tertiary alicyclic amines) is 1. The Bertz CT molecular complexity index is 417. The summed E-state index contributed by atoms with van der Waals surface area (Å²) in [5.41, 5.74) is 0. The highest BCUT2D eigenvalue weighted by atomic mass is 16.5. The summed E-state index contributed by atoms with van der Waals surface area (Å²) in [6.07, 6.45) is 2.57. The van der Waals surface area contributed by atoms with Crippen molar-refractivity contribution in [1.29, 1.82) is 0 Å². The van der Waals surface area contributed by atoms with E-state index in [-0.39, 0.29) is 12.6 Å². The Morgan fingerprint density at radius 1 is 1.29 bits per heavy atom. The number of hydrogen-bond donors (Lipinski definition) is 2. The Morgan fingerprint density at radius 2 is 2.00 bits per heavy atom. The summed E-state index contributed by atoms with van der Waals surface area (Å²) in [6, 6.07) is 9.66. The maximum atomic E-state index is 11.9. The molecule has 2 rings (SSSR count). The topological polar surface area (TPSA) is 61.8 Å². The van der Waals surface area contributed by atoms with E-state index in [1.165, 1.54) is 0 Å². The van der Waals surface area contributed by atoms with Crippen LogP contribution in [0.5, 0.6) is 5.75 Å². The molecule has 0 atom stereocenters. The van der Waals surface area contributed by atoms with Crippen LogP contribution in [-0.4, -0.2) is 48.9 Å². The average Bonchev–Trinajstić information content (AvgIpc) is 2.55. The van der Waals surface area contributed by atoms with Gasteiger partial charge >= 0.3 is 6.03 Å². The molecule has 1 aliphatic heterocycles. The van der Waals surface area contributed by atoms with Gasteiger partial charge in [-0.05, 0) is 37.3 Å². The van der Waals surface area contributed by atoms with Crippen LogP contribution in [0.15, 0.2) is 30.3 Å². The Labute approximate surface area is 125 Å². The first-order valence-electron chi connectivity index (χ1n) is 7.61. The molecule has 1 aromatic carbocycles. The normalized spacial score (nSPS) is 15.8. The summed E-state index contributed by atoms with van der Waals surface area (Å²) in [4.78, 5) is 13.8. The molecule has 1 aliphatic rings. The van der Waals surface area contributed by atoms with Gasteiger partial charge in [-0.1, -0.05) is 18.2 Å². The van der Waals surface area contributed by atoms with Gasteiger partial charge in [0.15, 0.2) is 0 Å². The van der Waals surface area contributed by atoms with E-state index in [9.17, 15) is 4.79 Å². The lowest BCUT2D eigenvalue weighted by molar-refractivity contribution is 0.137. The van der Waals surface area contributed by atoms with E-state index in [1.54, 1.807) is 0 Å². The first-order valence-corrected chi connectivity index (χ1v) is 7.61. The van der Waals surface area contributed by atoms with Gasteiger partial charge in [-0.15, -0.1) is 0 Å². The van der Waals surface area contributed by atoms with Crippen LogP contribution in [0.4, 0.5) is 4.79 Å². The van der Waals surface area contributed by atoms with Crippen LogP contribution in [0.3, 0.4) is 0 Å². The number of aliphatic hydroxyl groups excluding tert-OH is 1. The molecule has 0 aliphatic carbocycles. The van der Waals surface area contributed by atoms with Gasteiger partial charge in [-0.25, -0.2) is 4.79 Å². The van der Waals surface area contributed by atoms with Crippen molar-refractivity contribution in [2.45, 2.75) is 19.3 Å². The summed E-state index contributed by atoms with van der Waals surface area (Å²) in [6.45, 7) is 2.91. The number of carbonyl (C=O) groups excluding carboxylic acids is 1. The van der Waals surface area contributed by atoms with Crippen LogP contribution < -0.4 is 10.1 Å². The van der Waals surface area contributed by atoms with E-state index in [4.69, 9.17) is 9.84 Å². The first-order chi connectivity index (χ1) is 10.3. The predicted octanol–water partition coefficient (Wildman–Crippen LogP) is 1.87. The van der Waals surface area contributed by atoms with Gasteiger partial charge in [0.25, 0.3) is 0 Å². The lowest BCUT2D eigenvalue weighted by Crippen LogP contribution is -2.45. The standard InChI is InChI=1S/C16H24N2O3/c19-13-14-7-10-18(11-8-14)16(20)17-9-4-12-21-15-5-2-1-3-6-15/h1-3,5-6,14,19H,4,7-13H2,(H,17,20). The van der Waals surface area contributed by atoms with Crippen LogP contribution in [0, 0.1) is 5.92 Å². The van der Waals surface area contributed by atoms with E-state index in [0.29, 0.717) is 19.1 Å². The number of hydrogen-bond acceptors (Lipinski definition) is 3. The van der Waals surface area contributed by atoms with Crippen LogP contribution in [0.25, 0.3) is 0 Å². The smallest absolute Gasteiger partial charge is 0.317 e. The Balaban J connectivity index is 1.55. The van der Waals surface area contributed by atoms with E-state index in [1.807, 2.05) is 35.2 Å². The zero-order valence-corrected chi connectivity index (χ0v) is 12.3. The quantitative estimate of drug-likeness (QED) is 0.787. The number of ether oxygens (including phenoxy) is 1. The van der Waals surface area contributed by atoms with Crippen molar-refractivity contribution in [3.63, 3.8) is 0 Å². The Kier molecular flexibility index (Phi) is 6.34. The lowest BCUT2D eigenvalue weighted by atomic mass is 9.98. The summed E-state index contributed by atoms with van der Waals surface area (Å²) >= 11 is 0. The monoisotopic (exact) mass is 292 g/mol. The lowest BCUT2D eigenvalue weighted by Gasteiger charge is -2.31. The highest BCUT2D eigenvalue weighted by molar-refractivity contribution is 5.74. The van der Waals surface area contributed by atoms with Gasteiger partial charge in [0.05, 0.1) is 6.61 Å². The summed E-state index contributed by atoms with van der Waals surface area (Å²) in [5, 5.41) is 12.0. The van der Waals surface area contributed by atoms with Gasteiger partial charge < -0.3 is 20.1 Å². The maximum Gasteiger partial charge on any atom is 0.317 e. The van der Waals surface area contributed by atoms with Gasteiger partial charge in [-0.2, -0.15) is 0 Å². The summed E-state index contributed by atoms with van der Waals surface area (Å²) in [5.74, 6) is 1.21. The molecule has 5 nitrogen and oxygen atoms in total. The van der Waals surface area contributed by atoms with E-state index < -0.39 is 0 Å². The average molecular weight is 292 g/mol. The second-order valence-corrected chi connectivity index (χ2v) is 5.36. The molecule has 5 heteroatoms. The minimum atomic E-state index is -0.00824. The fourth-order valence-electron chi connectivity index (χ4n) is 2.40. The molecule has 0 radical (unpaired) electrons. The molecule has 1 heterocycles. The number of urea groups is 1. The first kappa shape index (κ1) is 15.6. The van der Waals surface area contributed by atoms with Crippen molar-refractivity contribution in [2.24, 2.45) is 5.92 Å². The molecule has 0 spiro atoms. The minimum Gasteiger partial charge on any atom is -0.494 e. The van der Waals surface area contributed by atoms with Gasteiger partial charge in [0.1, 0.15) is 5.75 Å². The van der Waals surface area contributed by atoms with Crippen LogP contribution in [0.1, 0.15) is 19.3 Å². The van der Waals surface area contributed by atoms with Crippen molar-refractivity contribution in [3.05, 3.63) is 30.3 Å². The highest BCUT2D eigenvalue weighted by Crippen LogP contribution is 2.16. The summed E-state index contributed by atoms with van der Waals surface area (Å²) in [7, 11) is 0. The third kappa shape index (κ3) is 5.27. The molecular formula is C16H24N2O3.